The number of hydrogen-bond donors (Lipinski definition) is 1. The highest BCUT2D eigenvalue weighted by Crippen LogP contribution is 2.47. The largest absolute Gasteiger partial charge is 0.316 e. The van der Waals surface area contributed by atoms with E-state index in [1.807, 2.05) is 0 Å². The fraction of sp³-hybridized carbons (Fsp3) is 1.00. The van der Waals surface area contributed by atoms with Crippen molar-refractivity contribution in [1.82, 2.24) is 5.32 Å². The van der Waals surface area contributed by atoms with Gasteiger partial charge >= 0.3 is 0 Å². The van der Waals surface area contributed by atoms with Crippen molar-refractivity contribution in [3.05, 3.63) is 0 Å². The molecule has 1 heteroatoms. The van der Waals surface area contributed by atoms with Gasteiger partial charge < -0.3 is 5.32 Å². The summed E-state index contributed by atoms with van der Waals surface area (Å²) in [4.78, 5) is 0. The summed E-state index contributed by atoms with van der Waals surface area (Å²) in [6.45, 7) is 7.30. The lowest BCUT2D eigenvalue weighted by atomic mass is 9.79. The van der Waals surface area contributed by atoms with Crippen LogP contribution in [0.4, 0.5) is 0 Å². The summed E-state index contributed by atoms with van der Waals surface area (Å²) in [6.07, 6.45) is 2.99. The van der Waals surface area contributed by atoms with E-state index < -0.39 is 0 Å². The van der Waals surface area contributed by atoms with E-state index in [1.54, 1.807) is 0 Å². The SMILES string of the molecule is CC1(C)CNCC1C1CC1. The lowest BCUT2D eigenvalue weighted by Crippen LogP contribution is -2.23. The molecule has 1 nitrogen and oxygen atoms in total. The monoisotopic (exact) mass is 139 g/mol. The predicted octanol–water partition coefficient (Wildman–Crippen LogP) is 1.64. The quantitative estimate of drug-likeness (QED) is 0.582. The molecule has 1 aliphatic carbocycles. The summed E-state index contributed by atoms with van der Waals surface area (Å²) < 4.78 is 0. The first-order valence-electron chi connectivity index (χ1n) is 4.41. The maximum atomic E-state index is 3.48. The van der Waals surface area contributed by atoms with Crippen LogP contribution in [0.1, 0.15) is 26.7 Å². The molecular weight excluding hydrogens is 122 g/mol. The summed E-state index contributed by atoms with van der Waals surface area (Å²) in [5, 5.41) is 3.48. The van der Waals surface area contributed by atoms with E-state index >= 15 is 0 Å². The highest BCUT2D eigenvalue weighted by atomic mass is 14.9. The first-order valence-corrected chi connectivity index (χ1v) is 4.41. The Bertz CT molecular complexity index is 136. The van der Waals surface area contributed by atoms with Gasteiger partial charge in [-0.1, -0.05) is 13.8 Å². The predicted molar refractivity (Wildman–Crippen MR) is 42.9 cm³/mol. The molecule has 2 fully saturated rings. The second-order valence-electron chi connectivity index (χ2n) is 4.56. The third-order valence-corrected chi connectivity index (χ3v) is 3.14. The van der Waals surface area contributed by atoms with Gasteiger partial charge in [0.2, 0.25) is 0 Å². The second kappa shape index (κ2) is 1.97. The Morgan fingerprint density at radius 2 is 2.00 bits per heavy atom. The van der Waals surface area contributed by atoms with E-state index in [1.165, 1.54) is 25.9 Å². The molecule has 1 aliphatic heterocycles. The van der Waals surface area contributed by atoms with E-state index in [4.69, 9.17) is 0 Å². The van der Waals surface area contributed by atoms with Crippen molar-refractivity contribution in [2.75, 3.05) is 13.1 Å². The first-order chi connectivity index (χ1) is 4.70. The average Bonchev–Trinajstić information content (AvgIpc) is 2.58. The molecule has 1 saturated carbocycles. The van der Waals surface area contributed by atoms with Gasteiger partial charge in [0.15, 0.2) is 0 Å². The Morgan fingerprint density at radius 3 is 2.40 bits per heavy atom. The zero-order chi connectivity index (χ0) is 7.19. The molecule has 0 spiro atoms. The molecule has 2 aliphatic rings. The zero-order valence-electron chi connectivity index (χ0n) is 6.98. The Hall–Kier alpha value is -0.0400. The normalized spacial score (nSPS) is 38.4. The summed E-state index contributed by atoms with van der Waals surface area (Å²) in [5.74, 6) is 2.05. The van der Waals surface area contributed by atoms with E-state index in [9.17, 15) is 0 Å². The number of nitrogens with one attached hydrogen (secondary N) is 1. The van der Waals surface area contributed by atoms with Crippen molar-refractivity contribution in [2.24, 2.45) is 17.3 Å². The molecule has 1 saturated heterocycles. The molecule has 58 valence electrons. The zero-order valence-corrected chi connectivity index (χ0v) is 6.98. The molecule has 0 aromatic carbocycles. The standard InChI is InChI=1S/C9H17N/c1-9(2)6-10-5-8(9)7-3-4-7/h7-8,10H,3-6H2,1-2H3. The molecular formula is C9H17N. The number of rotatable bonds is 1. The van der Waals surface area contributed by atoms with Gasteiger partial charge in [-0.3, -0.25) is 0 Å². The third-order valence-electron chi connectivity index (χ3n) is 3.14. The fourth-order valence-electron chi connectivity index (χ4n) is 2.26. The van der Waals surface area contributed by atoms with Crippen LogP contribution in [0.15, 0.2) is 0 Å². The van der Waals surface area contributed by atoms with E-state index in [0.29, 0.717) is 5.41 Å². The highest BCUT2D eigenvalue weighted by Gasteiger charge is 2.43. The highest BCUT2D eigenvalue weighted by molar-refractivity contribution is 4.96. The van der Waals surface area contributed by atoms with Crippen molar-refractivity contribution in [2.45, 2.75) is 26.7 Å². The Labute approximate surface area is 63.2 Å². The molecule has 1 N–H and O–H groups in total. The van der Waals surface area contributed by atoms with Gasteiger partial charge in [-0.15, -0.1) is 0 Å². The molecule has 0 aromatic rings. The molecule has 1 atom stereocenters. The lowest BCUT2D eigenvalue weighted by Gasteiger charge is -2.25. The van der Waals surface area contributed by atoms with Crippen LogP contribution in [0.3, 0.4) is 0 Å². The molecule has 2 rings (SSSR count). The summed E-state index contributed by atoms with van der Waals surface area (Å²) in [5.41, 5.74) is 0.584. The number of hydrogen-bond acceptors (Lipinski definition) is 1. The third kappa shape index (κ3) is 0.968. The van der Waals surface area contributed by atoms with E-state index in [2.05, 4.69) is 19.2 Å². The Morgan fingerprint density at radius 1 is 1.30 bits per heavy atom. The van der Waals surface area contributed by atoms with Crippen LogP contribution in [-0.2, 0) is 0 Å². The van der Waals surface area contributed by atoms with Crippen molar-refractivity contribution >= 4 is 0 Å². The smallest absolute Gasteiger partial charge is 0.000587 e. The van der Waals surface area contributed by atoms with E-state index in [0.717, 1.165) is 11.8 Å². The molecule has 0 bridgehead atoms. The van der Waals surface area contributed by atoms with Crippen LogP contribution in [0.25, 0.3) is 0 Å². The van der Waals surface area contributed by atoms with Crippen molar-refractivity contribution < 1.29 is 0 Å². The van der Waals surface area contributed by atoms with Crippen LogP contribution < -0.4 is 5.32 Å². The molecule has 0 aromatic heterocycles. The van der Waals surface area contributed by atoms with Gasteiger partial charge in [0, 0.05) is 6.54 Å². The Kier molecular flexibility index (Phi) is 1.31. The van der Waals surface area contributed by atoms with Crippen molar-refractivity contribution in [1.29, 1.82) is 0 Å². The minimum absolute atomic E-state index is 0.584. The molecule has 1 unspecified atom stereocenters. The van der Waals surface area contributed by atoms with Gasteiger partial charge in [-0.2, -0.15) is 0 Å². The topological polar surface area (TPSA) is 12.0 Å². The van der Waals surface area contributed by atoms with Crippen LogP contribution in [0.2, 0.25) is 0 Å². The van der Waals surface area contributed by atoms with Crippen molar-refractivity contribution in [3.8, 4) is 0 Å². The maximum absolute atomic E-state index is 3.48. The minimum Gasteiger partial charge on any atom is -0.316 e. The van der Waals surface area contributed by atoms with Gasteiger partial charge in [0.25, 0.3) is 0 Å². The van der Waals surface area contributed by atoms with Crippen LogP contribution >= 0.6 is 0 Å². The molecule has 10 heavy (non-hydrogen) atoms. The Balaban J connectivity index is 2.05. The molecule has 0 radical (unpaired) electrons. The summed E-state index contributed by atoms with van der Waals surface area (Å²) >= 11 is 0. The molecule has 1 heterocycles. The lowest BCUT2D eigenvalue weighted by molar-refractivity contribution is 0.259. The second-order valence-corrected chi connectivity index (χ2v) is 4.56. The van der Waals surface area contributed by atoms with Crippen LogP contribution in [-0.4, -0.2) is 13.1 Å². The first kappa shape index (κ1) is 6.66. The molecule has 0 amide bonds. The van der Waals surface area contributed by atoms with Crippen molar-refractivity contribution in [3.63, 3.8) is 0 Å². The maximum Gasteiger partial charge on any atom is 0.000587 e. The summed E-state index contributed by atoms with van der Waals surface area (Å²) in [6, 6.07) is 0. The van der Waals surface area contributed by atoms with Gasteiger partial charge in [-0.25, -0.2) is 0 Å². The van der Waals surface area contributed by atoms with Crippen LogP contribution in [0.5, 0.6) is 0 Å². The van der Waals surface area contributed by atoms with Gasteiger partial charge in [-0.05, 0) is 36.6 Å². The summed E-state index contributed by atoms with van der Waals surface area (Å²) in [7, 11) is 0. The average molecular weight is 139 g/mol. The van der Waals surface area contributed by atoms with Gasteiger partial charge in [0.05, 0.1) is 0 Å². The fourth-order valence-corrected chi connectivity index (χ4v) is 2.26. The minimum atomic E-state index is 0.584. The van der Waals surface area contributed by atoms with Gasteiger partial charge in [0.1, 0.15) is 0 Å². The van der Waals surface area contributed by atoms with E-state index in [-0.39, 0.29) is 0 Å². The van der Waals surface area contributed by atoms with Crippen LogP contribution in [0, 0.1) is 17.3 Å².